The van der Waals surface area contributed by atoms with Gasteiger partial charge in [-0.1, -0.05) is 19.1 Å². The number of nitrogens with zero attached hydrogens (tertiary/aromatic N) is 1. The summed E-state index contributed by atoms with van der Waals surface area (Å²) < 4.78 is 10.6. The van der Waals surface area contributed by atoms with Gasteiger partial charge in [0.15, 0.2) is 17.5 Å². The maximum Gasteiger partial charge on any atom is 0.188 e. The molecule has 0 aliphatic carbocycles. The van der Waals surface area contributed by atoms with E-state index in [4.69, 9.17) is 15.2 Å². The zero-order chi connectivity index (χ0) is 18.1. The van der Waals surface area contributed by atoms with Crippen LogP contribution in [0.1, 0.15) is 17.4 Å². The van der Waals surface area contributed by atoms with Gasteiger partial charge in [0, 0.05) is 18.0 Å². The first kappa shape index (κ1) is 19.1. The number of aliphatic imine (C=N–C) groups is 1. The highest BCUT2D eigenvalue weighted by Gasteiger charge is 2.08. The van der Waals surface area contributed by atoms with E-state index < -0.39 is 0 Å². The number of hydrogen-bond acceptors (Lipinski definition) is 4. The molecule has 1 aromatic heterocycles. The van der Waals surface area contributed by atoms with Gasteiger partial charge < -0.3 is 20.5 Å². The number of nitrogens with one attached hydrogen (secondary N) is 1. The molecule has 2 rings (SSSR count). The maximum absolute atomic E-state index is 5.94. The Kier molecular flexibility index (Phi) is 7.60. The second-order valence-corrected chi connectivity index (χ2v) is 7.01. The molecule has 1 heterocycles. The first-order valence-corrected chi connectivity index (χ1v) is 9.27. The van der Waals surface area contributed by atoms with Crippen molar-refractivity contribution in [3.05, 3.63) is 46.2 Å². The third kappa shape index (κ3) is 6.31. The van der Waals surface area contributed by atoms with Crippen LogP contribution in [0, 0.1) is 5.92 Å². The van der Waals surface area contributed by atoms with Crippen LogP contribution < -0.4 is 20.5 Å². The van der Waals surface area contributed by atoms with Gasteiger partial charge in [0.05, 0.1) is 14.2 Å². The largest absolute Gasteiger partial charge is 0.493 e. The van der Waals surface area contributed by atoms with E-state index in [1.54, 1.807) is 25.6 Å². The second-order valence-electron chi connectivity index (χ2n) is 5.98. The Morgan fingerprint density at radius 3 is 2.72 bits per heavy atom. The molecule has 25 heavy (non-hydrogen) atoms. The number of ether oxygens (including phenoxy) is 2. The molecule has 5 nitrogen and oxygen atoms in total. The highest BCUT2D eigenvalue weighted by Crippen LogP contribution is 2.28. The van der Waals surface area contributed by atoms with Crippen LogP contribution in [0.4, 0.5) is 0 Å². The Bertz CT molecular complexity index is 671. The molecular formula is C19H27N3O2S. The van der Waals surface area contributed by atoms with E-state index in [0.29, 0.717) is 18.4 Å². The van der Waals surface area contributed by atoms with Crippen LogP contribution in [0.3, 0.4) is 0 Å². The molecule has 1 unspecified atom stereocenters. The smallest absolute Gasteiger partial charge is 0.188 e. The molecule has 0 bridgehead atoms. The van der Waals surface area contributed by atoms with Crippen molar-refractivity contribution in [1.82, 2.24) is 5.32 Å². The van der Waals surface area contributed by atoms with Gasteiger partial charge in [-0.2, -0.15) is 0 Å². The van der Waals surface area contributed by atoms with Crippen molar-refractivity contribution in [2.24, 2.45) is 16.6 Å². The first-order chi connectivity index (χ1) is 12.1. The Morgan fingerprint density at radius 1 is 1.24 bits per heavy atom. The maximum atomic E-state index is 5.94. The van der Waals surface area contributed by atoms with Crippen molar-refractivity contribution in [3.63, 3.8) is 0 Å². The highest BCUT2D eigenvalue weighted by molar-refractivity contribution is 7.09. The average Bonchev–Trinajstić information content (AvgIpc) is 3.13. The minimum atomic E-state index is 0.385. The summed E-state index contributed by atoms with van der Waals surface area (Å²) in [5, 5.41) is 5.26. The van der Waals surface area contributed by atoms with Crippen LogP contribution in [0.2, 0.25) is 0 Å². The highest BCUT2D eigenvalue weighted by atomic mass is 32.1. The molecule has 136 valence electrons. The molecule has 0 spiro atoms. The number of methoxy groups -OCH3 is 2. The summed E-state index contributed by atoms with van der Waals surface area (Å²) in [7, 11) is 3.29. The third-order valence-corrected chi connectivity index (χ3v) is 4.80. The second kappa shape index (κ2) is 9.93. The van der Waals surface area contributed by atoms with Crippen molar-refractivity contribution in [3.8, 4) is 11.5 Å². The minimum Gasteiger partial charge on any atom is -0.493 e. The SMILES string of the molecule is COc1ccc(CC(C)CN=C(N)NCCc2cccs2)cc1OC. The molecule has 2 aromatic rings. The van der Waals surface area contributed by atoms with E-state index in [1.807, 2.05) is 12.1 Å². The van der Waals surface area contributed by atoms with Gasteiger partial charge in [0.1, 0.15) is 0 Å². The van der Waals surface area contributed by atoms with Gasteiger partial charge in [-0.15, -0.1) is 11.3 Å². The number of benzene rings is 1. The Labute approximate surface area is 153 Å². The van der Waals surface area contributed by atoms with Gasteiger partial charge >= 0.3 is 0 Å². The Balaban J connectivity index is 1.77. The normalized spacial score (nSPS) is 12.7. The van der Waals surface area contributed by atoms with E-state index in [-0.39, 0.29) is 0 Å². The standard InChI is InChI=1S/C19H27N3O2S/c1-14(11-15-6-7-17(23-2)18(12-15)24-3)13-22-19(20)21-9-8-16-5-4-10-25-16/h4-7,10,12,14H,8-9,11,13H2,1-3H3,(H3,20,21,22). The summed E-state index contributed by atoms with van der Waals surface area (Å²) >= 11 is 1.76. The Morgan fingerprint density at radius 2 is 2.04 bits per heavy atom. The predicted octanol–water partition coefficient (Wildman–Crippen LogP) is 3.09. The minimum absolute atomic E-state index is 0.385. The van der Waals surface area contributed by atoms with Crippen molar-refractivity contribution >= 4 is 17.3 Å². The molecule has 3 N–H and O–H groups in total. The lowest BCUT2D eigenvalue weighted by Crippen LogP contribution is -2.33. The first-order valence-electron chi connectivity index (χ1n) is 8.39. The van der Waals surface area contributed by atoms with Crippen molar-refractivity contribution in [2.75, 3.05) is 27.3 Å². The number of thiophene rings is 1. The molecule has 6 heteroatoms. The lowest BCUT2D eigenvalue weighted by molar-refractivity contribution is 0.354. The monoisotopic (exact) mass is 361 g/mol. The van der Waals surface area contributed by atoms with Crippen LogP contribution in [0.15, 0.2) is 40.7 Å². The van der Waals surface area contributed by atoms with E-state index in [1.165, 1.54) is 10.4 Å². The molecule has 0 aliphatic heterocycles. The lowest BCUT2D eigenvalue weighted by Gasteiger charge is -2.13. The lowest BCUT2D eigenvalue weighted by atomic mass is 10.0. The summed E-state index contributed by atoms with van der Waals surface area (Å²) in [4.78, 5) is 5.80. The van der Waals surface area contributed by atoms with E-state index in [2.05, 4.69) is 40.8 Å². The Hall–Kier alpha value is -2.21. The van der Waals surface area contributed by atoms with Crippen LogP contribution in [-0.4, -0.2) is 33.3 Å². The average molecular weight is 362 g/mol. The number of hydrogen-bond donors (Lipinski definition) is 2. The zero-order valence-corrected chi connectivity index (χ0v) is 15.9. The van der Waals surface area contributed by atoms with E-state index in [0.717, 1.165) is 30.9 Å². The summed E-state index contributed by atoms with van der Waals surface area (Å²) in [5.41, 5.74) is 7.14. The molecule has 0 aliphatic rings. The van der Waals surface area contributed by atoms with Crippen LogP contribution in [0.5, 0.6) is 11.5 Å². The fourth-order valence-corrected chi connectivity index (χ4v) is 3.26. The molecule has 0 fully saturated rings. The van der Waals surface area contributed by atoms with Gasteiger partial charge in [0.2, 0.25) is 0 Å². The van der Waals surface area contributed by atoms with Crippen molar-refractivity contribution < 1.29 is 9.47 Å². The molecule has 1 aromatic carbocycles. The van der Waals surface area contributed by atoms with Gasteiger partial charge in [0.25, 0.3) is 0 Å². The zero-order valence-electron chi connectivity index (χ0n) is 15.1. The van der Waals surface area contributed by atoms with Crippen LogP contribution in [0.25, 0.3) is 0 Å². The van der Waals surface area contributed by atoms with Gasteiger partial charge in [-0.25, -0.2) is 0 Å². The van der Waals surface area contributed by atoms with Gasteiger partial charge in [-0.05, 0) is 47.9 Å². The van der Waals surface area contributed by atoms with Crippen molar-refractivity contribution in [1.29, 1.82) is 0 Å². The molecule has 0 amide bonds. The molecular weight excluding hydrogens is 334 g/mol. The molecule has 0 saturated carbocycles. The van der Waals surface area contributed by atoms with E-state index >= 15 is 0 Å². The summed E-state index contributed by atoms with van der Waals surface area (Å²) in [6.07, 6.45) is 1.88. The fraction of sp³-hybridized carbons (Fsp3) is 0.421. The molecule has 1 atom stereocenters. The van der Waals surface area contributed by atoms with Crippen LogP contribution in [-0.2, 0) is 12.8 Å². The molecule has 0 saturated heterocycles. The predicted molar refractivity (Wildman–Crippen MR) is 105 cm³/mol. The van der Waals surface area contributed by atoms with E-state index in [9.17, 15) is 0 Å². The topological polar surface area (TPSA) is 68.9 Å². The summed E-state index contributed by atoms with van der Waals surface area (Å²) in [6.45, 7) is 3.66. The number of rotatable bonds is 9. The number of guanidine groups is 1. The van der Waals surface area contributed by atoms with Gasteiger partial charge in [-0.3, -0.25) is 4.99 Å². The fourth-order valence-electron chi connectivity index (χ4n) is 2.55. The quantitative estimate of drug-likeness (QED) is 0.532. The molecule has 0 radical (unpaired) electrons. The third-order valence-electron chi connectivity index (χ3n) is 3.86. The van der Waals surface area contributed by atoms with Crippen LogP contribution >= 0.6 is 11.3 Å². The summed E-state index contributed by atoms with van der Waals surface area (Å²) in [6, 6.07) is 10.2. The summed E-state index contributed by atoms with van der Waals surface area (Å²) in [5.74, 6) is 2.40. The number of nitrogens with two attached hydrogens (primary N) is 1. The van der Waals surface area contributed by atoms with Crippen molar-refractivity contribution in [2.45, 2.75) is 19.8 Å².